The van der Waals surface area contributed by atoms with Gasteiger partial charge in [-0.1, -0.05) is 0 Å². The Morgan fingerprint density at radius 2 is 1.98 bits per heavy atom. The van der Waals surface area contributed by atoms with Crippen molar-refractivity contribution in [2.45, 2.75) is 62.1 Å². The van der Waals surface area contributed by atoms with Crippen LogP contribution in [0.25, 0.3) is 22.2 Å². The molecule has 7 rings (SSSR count). The summed E-state index contributed by atoms with van der Waals surface area (Å²) >= 11 is 0. The van der Waals surface area contributed by atoms with Crippen molar-refractivity contribution in [2.24, 2.45) is 0 Å². The third-order valence-electron chi connectivity index (χ3n) is 8.53. The molecule has 4 aliphatic heterocycles. The molecule has 0 radical (unpaired) electrons. The Hall–Kier alpha value is -3.32. The molecule has 0 aliphatic carbocycles. The minimum Gasteiger partial charge on any atom is -0.508 e. The second kappa shape index (κ2) is 9.62. The summed E-state index contributed by atoms with van der Waals surface area (Å²) in [5.74, 6) is -1.58. The van der Waals surface area contributed by atoms with Gasteiger partial charge in [0.1, 0.15) is 35.5 Å². The Kier molecular flexibility index (Phi) is 5.46. The van der Waals surface area contributed by atoms with Gasteiger partial charge in [-0.05, 0) is 50.4 Å². The van der Waals surface area contributed by atoms with Crippen LogP contribution in [0.1, 0.15) is 41.8 Å². The van der Waals surface area contributed by atoms with Crippen LogP contribution < -0.4 is 15.0 Å². The number of rotatable bonds is 5. The van der Waals surface area contributed by atoms with E-state index in [-0.39, 0.29) is 36.3 Å². The zero-order chi connectivity index (χ0) is 31.2. The Balaban J connectivity index is 1.37. The molecule has 0 amide bonds. The second-order valence-corrected chi connectivity index (χ2v) is 11.2. The Morgan fingerprint density at radius 3 is 2.73 bits per heavy atom. The lowest BCUT2D eigenvalue weighted by Gasteiger charge is -2.34. The van der Waals surface area contributed by atoms with Crippen molar-refractivity contribution in [1.82, 2.24) is 25.2 Å². The number of halogens is 5. The summed E-state index contributed by atoms with van der Waals surface area (Å²) in [5, 5.41) is 13.5. The summed E-state index contributed by atoms with van der Waals surface area (Å²) in [6.45, 7) is -1.57. The SMILES string of the molecule is [2H]C([2H])(Oc1nc(N2C[C@H]3CC[C@@H](C2)N3)c2cnc(-c3cc(O)ccc3C(F)(F)F)c(F)c2n1)[C@@]12CCCN1C[C@]([2H])(F)C2. The highest BCUT2D eigenvalue weighted by Gasteiger charge is 2.49. The molecule has 0 unspecified atom stereocenters. The van der Waals surface area contributed by atoms with Gasteiger partial charge < -0.3 is 20.1 Å². The number of aromatic hydroxyl groups is 1. The minimum atomic E-state index is -4.88. The van der Waals surface area contributed by atoms with E-state index in [1.165, 1.54) is 6.20 Å². The molecule has 4 fully saturated rings. The maximum absolute atomic E-state index is 16.3. The van der Waals surface area contributed by atoms with Gasteiger partial charge in [-0.3, -0.25) is 9.88 Å². The minimum absolute atomic E-state index is 0.0876. The summed E-state index contributed by atoms with van der Waals surface area (Å²) in [5.41, 5.74) is -4.56. The molecule has 8 nitrogen and oxygen atoms in total. The van der Waals surface area contributed by atoms with Crippen molar-refractivity contribution in [1.29, 1.82) is 0 Å². The molecule has 2 N–H and O–H groups in total. The van der Waals surface area contributed by atoms with Crippen LogP contribution in [-0.2, 0) is 6.18 Å². The third-order valence-corrected chi connectivity index (χ3v) is 8.53. The van der Waals surface area contributed by atoms with Crippen molar-refractivity contribution in [3.8, 4) is 23.0 Å². The second-order valence-electron chi connectivity index (χ2n) is 11.2. The standard InChI is InChI=1S/C28H29F5N6O2/c29-15-9-27(6-1-7-39(27)11-15)14-41-26-36-24-20(25(37-26)38-12-16-2-3-17(13-38)35-16)10-34-23(22(24)30)19-8-18(40)4-5-21(19)28(31,32)33/h4-5,8,10,15-17,35,40H,1-3,6-7,9,11-14H2/t15-,16-,17+,27+/m1/s1/i14D2,15D. The number of anilines is 1. The number of phenolic OH excluding ortho intramolecular Hbond substituents is 1. The fourth-order valence-corrected chi connectivity index (χ4v) is 6.68. The number of pyridine rings is 1. The van der Waals surface area contributed by atoms with E-state index in [1.54, 1.807) is 4.90 Å². The van der Waals surface area contributed by atoms with E-state index in [0.29, 0.717) is 32.1 Å². The number of piperazine rings is 1. The van der Waals surface area contributed by atoms with Crippen LogP contribution in [0.5, 0.6) is 11.8 Å². The van der Waals surface area contributed by atoms with Gasteiger partial charge in [-0.25, -0.2) is 8.78 Å². The lowest BCUT2D eigenvalue weighted by molar-refractivity contribution is -0.137. The number of alkyl halides is 4. The van der Waals surface area contributed by atoms with Crippen LogP contribution in [0, 0.1) is 5.82 Å². The molecule has 2 bridgehead atoms. The molecular weight excluding hydrogens is 547 g/mol. The van der Waals surface area contributed by atoms with Gasteiger partial charge in [0.2, 0.25) is 0 Å². The predicted molar refractivity (Wildman–Crippen MR) is 140 cm³/mol. The quantitative estimate of drug-likeness (QED) is 0.429. The summed E-state index contributed by atoms with van der Waals surface area (Å²) in [7, 11) is 0. The fourth-order valence-electron chi connectivity index (χ4n) is 6.68. The average Bonchev–Trinajstić information content (AvgIpc) is 3.57. The lowest BCUT2D eigenvalue weighted by Crippen LogP contribution is -2.51. The molecule has 0 spiro atoms. The molecule has 218 valence electrons. The number of nitrogens with zero attached hydrogens (tertiary/aromatic N) is 5. The smallest absolute Gasteiger partial charge is 0.417 e. The topological polar surface area (TPSA) is 86.6 Å². The van der Waals surface area contributed by atoms with E-state index >= 15 is 4.39 Å². The van der Waals surface area contributed by atoms with Crippen molar-refractivity contribution in [3.63, 3.8) is 0 Å². The highest BCUT2D eigenvalue weighted by atomic mass is 19.4. The molecule has 13 heteroatoms. The number of hydrogen-bond acceptors (Lipinski definition) is 8. The number of benzene rings is 1. The van der Waals surface area contributed by atoms with E-state index in [4.69, 9.17) is 8.85 Å². The first-order valence-electron chi connectivity index (χ1n) is 15.1. The summed E-state index contributed by atoms with van der Waals surface area (Å²) in [6, 6.07) is 1.90. The van der Waals surface area contributed by atoms with Crippen molar-refractivity contribution < 1.29 is 35.9 Å². The number of ether oxygens (including phenoxy) is 1. The molecule has 6 heterocycles. The number of fused-ring (bicyclic) bond motifs is 4. The molecule has 1 aromatic carbocycles. The summed E-state index contributed by atoms with van der Waals surface area (Å²) in [4.78, 5) is 16.1. The van der Waals surface area contributed by atoms with Crippen molar-refractivity contribution in [2.75, 3.05) is 37.6 Å². The number of hydrogen-bond donors (Lipinski definition) is 2. The van der Waals surface area contributed by atoms with Gasteiger partial charge in [0.15, 0.2) is 5.82 Å². The van der Waals surface area contributed by atoms with E-state index in [9.17, 15) is 22.7 Å². The van der Waals surface area contributed by atoms with Crippen LogP contribution in [-0.4, -0.2) is 81.5 Å². The molecule has 4 aliphatic rings. The molecule has 4 saturated heterocycles. The average molecular weight is 580 g/mol. The first-order valence-corrected chi connectivity index (χ1v) is 13.6. The highest BCUT2D eigenvalue weighted by molar-refractivity contribution is 5.92. The van der Waals surface area contributed by atoms with Crippen molar-refractivity contribution >= 4 is 16.7 Å². The van der Waals surface area contributed by atoms with Gasteiger partial charge in [0, 0.05) is 49.9 Å². The Morgan fingerprint density at radius 1 is 1.20 bits per heavy atom. The Bertz CT molecular complexity index is 1630. The van der Waals surface area contributed by atoms with Crippen LogP contribution in [0.2, 0.25) is 0 Å². The number of aromatic nitrogens is 3. The van der Waals surface area contributed by atoms with E-state index in [1.807, 2.05) is 4.90 Å². The first kappa shape index (κ1) is 23.3. The lowest BCUT2D eigenvalue weighted by atomic mass is 9.95. The molecule has 0 saturated carbocycles. The molecule has 3 aromatic rings. The van der Waals surface area contributed by atoms with Gasteiger partial charge in [-0.15, -0.1) is 0 Å². The molecule has 41 heavy (non-hydrogen) atoms. The third kappa shape index (κ3) is 4.62. The molecule has 4 atom stereocenters. The van der Waals surface area contributed by atoms with Crippen LogP contribution in [0.15, 0.2) is 24.4 Å². The van der Waals surface area contributed by atoms with E-state index < -0.39 is 70.8 Å². The molecule has 2 aromatic heterocycles. The predicted octanol–water partition coefficient (Wildman–Crippen LogP) is 4.45. The number of nitrogens with one attached hydrogen (secondary N) is 1. The largest absolute Gasteiger partial charge is 0.508 e. The molecular formula is C28H29F5N6O2. The van der Waals surface area contributed by atoms with Crippen LogP contribution >= 0.6 is 0 Å². The van der Waals surface area contributed by atoms with Gasteiger partial charge >= 0.3 is 12.2 Å². The zero-order valence-electron chi connectivity index (χ0n) is 24.8. The maximum Gasteiger partial charge on any atom is 0.417 e. The van der Waals surface area contributed by atoms with Crippen LogP contribution in [0.3, 0.4) is 0 Å². The fraction of sp³-hybridized carbons (Fsp3) is 0.536. The Labute approximate surface area is 236 Å². The summed E-state index contributed by atoms with van der Waals surface area (Å²) in [6.07, 6.45) is -3.98. The van der Waals surface area contributed by atoms with E-state index in [0.717, 1.165) is 25.0 Å². The van der Waals surface area contributed by atoms with Crippen molar-refractivity contribution in [3.05, 3.63) is 35.8 Å². The summed E-state index contributed by atoms with van der Waals surface area (Å²) < 4.78 is 104. The van der Waals surface area contributed by atoms with E-state index in [2.05, 4.69) is 20.3 Å². The highest BCUT2D eigenvalue weighted by Crippen LogP contribution is 2.42. The zero-order valence-corrected chi connectivity index (χ0v) is 21.8. The van der Waals surface area contributed by atoms with Gasteiger partial charge in [0.05, 0.1) is 20.6 Å². The normalized spacial score (nSPS) is 31.2. The van der Waals surface area contributed by atoms with Gasteiger partial charge in [0.25, 0.3) is 0 Å². The van der Waals surface area contributed by atoms with Gasteiger partial charge in [-0.2, -0.15) is 23.1 Å². The monoisotopic (exact) mass is 579 g/mol. The first-order chi connectivity index (χ1) is 20.7. The maximum atomic E-state index is 16.3. The van der Waals surface area contributed by atoms with Crippen LogP contribution in [0.4, 0.5) is 27.8 Å². The number of phenols is 1.